The quantitative estimate of drug-likeness (QED) is 0.405. The van der Waals surface area contributed by atoms with Gasteiger partial charge in [0, 0.05) is 30.9 Å². The second-order valence-corrected chi connectivity index (χ2v) is 8.41. The number of aliphatic hydroxyl groups is 2. The molecule has 9 nitrogen and oxygen atoms in total. The van der Waals surface area contributed by atoms with Crippen LogP contribution in [0.5, 0.6) is 5.75 Å². The van der Waals surface area contributed by atoms with E-state index in [0.29, 0.717) is 28.9 Å². The van der Waals surface area contributed by atoms with Crippen molar-refractivity contribution in [1.29, 1.82) is 0 Å². The third-order valence-electron chi connectivity index (χ3n) is 6.19. The topological polar surface area (TPSA) is 124 Å². The molecule has 3 heterocycles. The monoisotopic (exact) mass is 454 g/mol. The van der Waals surface area contributed by atoms with Gasteiger partial charge in [0.1, 0.15) is 23.3 Å². The van der Waals surface area contributed by atoms with Gasteiger partial charge in [0.15, 0.2) is 0 Å². The summed E-state index contributed by atoms with van der Waals surface area (Å²) in [6, 6.07) is 8.94. The van der Waals surface area contributed by atoms with E-state index in [9.17, 15) is 10.2 Å². The fraction of sp³-hybridized carbons (Fsp3) is 0.318. The first kappa shape index (κ1) is 20.7. The number of benzene rings is 1. The zero-order valence-electron chi connectivity index (χ0n) is 17.6. The first-order chi connectivity index (χ1) is 15.4. The van der Waals surface area contributed by atoms with Crippen LogP contribution in [-0.2, 0) is 7.05 Å². The van der Waals surface area contributed by atoms with Gasteiger partial charge in [0.2, 0.25) is 5.28 Å². The molecule has 0 bridgehead atoms. The highest BCUT2D eigenvalue weighted by Gasteiger charge is 2.44. The largest absolute Gasteiger partial charge is 0.497 e. The summed E-state index contributed by atoms with van der Waals surface area (Å²) in [5.41, 5.74) is 9.04. The summed E-state index contributed by atoms with van der Waals surface area (Å²) >= 11 is 6.12. The van der Waals surface area contributed by atoms with Gasteiger partial charge >= 0.3 is 0 Å². The van der Waals surface area contributed by atoms with Crippen LogP contribution in [0.25, 0.3) is 22.3 Å². The number of nitrogens with zero attached hydrogens (tertiary/aromatic N) is 5. The molecule has 0 spiro atoms. The molecule has 4 aromatic rings. The van der Waals surface area contributed by atoms with Gasteiger partial charge in [0.05, 0.1) is 30.3 Å². The molecule has 0 saturated heterocycles. The van der Waals surface area contributed by atoms with Crippen molar-refractivity contribution >= 4 is 28.5 Å². The van der Waals surface area contributed by atoms with Gasteiger partial charge in [-0.15, -0.1) is 0 Å². The molecule has 1 aromatic carbocycles. The van der Waals surface area contributed by atoms with Crippen LogP contribution in [0.1, 0.15) is 23.9 Å². The maximum atomic E-state index is 11.0. The average molecular weight is 455 g/mol. The Balaban J connectivity index is 1.63. The number of aliphatic hydroxyl groups excluding tert-OH is 2. The molecule has 4 N–H and O–H groups in total. The molecule has 0 radical (unpaired) electrons. The van der Waals surface area contributed by atoms with E-state index in [1.165, 1.54) is 0 Å². The number of rotatable bonds is 4. The highest BCUT2D eigenvalue weighted by atomic mass is 35.5. The number of nitrogens with two attached hydrogens (primary N) is 1. The molecule has 4 atom stereocenters. The van der Waals surface area contributed by atoms with Crippen molar-refractivity contribution in [2.45, 2.75) is 30.6 Å². The minimum Gasteiger partial charge on any atom is -0.497 e. The van der Waals surface area contributed by atoms with E-state index in [4.69, 9.17) is 22.1 Å². The summed E-state index contributed by atoms with van der Waals surface area (Å²) in [4.78, 5) is 8.52. The summed E-state index contributed by atoms with van der Waals surface area (Å²) in [7, 11) is 3.43. The van der Waals surface area contributed by atoms with Crippen molar-refractivity contribution in [3.63, 3.8) is 0 Å². The Hall–Kier alpha value is -3.14. The number of aromatic nitrogens is 5. The smallest absolute Gasteiger partial charge is 0.226 e. The second-order valence-electron chi connectivity index (χ2n) is 8.07. The van der Waals surface area contributed by atoms with Crippen molar-refractivity contribution in [1.82, 2.24) is 24.3 Å². The number of hydrogen-bond acceptors (Lipinski definition) is 7. The molecule has 3 aromatic heterocycles. The Morgan fingerprint density at radius 2 is 2.00 bits per heavy atom. The molecule has 1 aliphatic rings. The number of fused-ring (bicyclic) bond motifs is 1. The van der Waals surface area contributed by atoms with E-state index in [1.54, 1.807) is 11.8 Å². The Labute approximate surface area is 189 Å². The van der Waals surface area contributed by atoms with Crippen molar-refractivity contribution in [2.24, 2.45) is 7.05 Å². The van der Waals surface area contributed by atoms with E-state index in [1.807, 2.05) is 54.3 Å². The van der Waals surface area contributed by atoms with Crippen LogP contribution in [-0.4, -0.2) is 53.8 Å². The number of aryl methyl sites for hydroxylation is 1. The first-order valence-corrected chi connectivity index (χ1v) is 10.6. The van der Waals surface area contributed by atoms with Gasteiger partial charge < -0.3 is 25.3 Å². The summed E-state index contributed by atoms with van der Waals surface area (Å²) in [5, 5.41) is 27.0. The molecule has 1 aliphatic carbocycles. The standard InChI is InChI=1S/C22H23ClN6O3/c1-28-7-6-15(27-28)14-10-29(21-17(14)20(24)25-22(23)26-21)16-9-13(18(30)19(16)31)11-4-3-5-12(8-11)32-2/h3-8,10,13,16,18-19,30-31H,9H2,1-2H3,(H2,24,25,26)/t13-,16-,18-,19+/m1/s1. The van der Waals surface area contributed by atoms with E-state index >= 15 is 0 Å². The van der Waals surface area contributed by atoms with E-state index < -0.39 is 18.2 Å². The average Bonchev–Trinajstić information content (AvgIpc) is 3.44. The number of methoxy groups -OCH3 is 1. The zero-order chi connectivity index (χ0) is 22.6. The molecule has 0 unspecified atom stereocenters. The van der Waals surface area contributed by atoms with Crippen molar-refractivity contribution in [3.8, 4) is 17.0 Å². The molecule has 1 fully saturated rings. The molecule has 5 rings (SSSR count). The highest BCUT2D eigenvalue weighted by molar-refractivity contribution is 6.29. The van der Waals surface area contributed by atoms with Gasteiger partial charge in [-0.1, -0.05) is 12.1 Å². The van der Waals surface area contributed by atoms with Gasteiger partial charge in [-0.3, -0.25) is 4.68 Å². The van der Waals surface area contributed by atoms with Gasteiger partial charge in [0.25, 0.3) is 0 Å². The molecule has 166 valence electrons. The number of halogens is 1. The summed E-state index contributed by atoms with van der Waals surface area (Å²) in [6.45, 7) is 0. The van der Waals surface area contributed by atoms with Crippen LogP contribution in [0.4, 0.5) is 5.82 Å². The van der Waals surface area contributed by atoms with E-state index in [-0.39, 0.29) is 17.0 Å². The molecule has 1 saturated carbocycles. The van der Waals surface area contributed by atoms with Crippen LogP contribution >= 0.6 is 11.6 Å². The predicted molar refractivity (Wildman–Crippen MR) is 121 cm³/mol. The lowest BCUT2D eigenvalue weighted by atomic mass is 9.95. The van der Waals surface area contributed by atoms with Gasteiger partial charge in [-0.05, 0) is 41.8 Å². The maximum Gasteiger partial charge on any atom is 0.226 e. The Morgan fingerprint density at radius 1 is 1.19 bits per heavy atom. The number of ether oxygens (including phenoxy) is 1. The third kappa shape index (κ3) is 3.29. The summed E-state index contributed by atoms with van der Waals surface area (Å²) in [6.07, 6.45) is 2.19. The summed E-state index contributed by atoms with van der Waals surface area (Å²) < 4.78 is 8.85. The first-order valence-electron chi connectivity index (χ1n) is 10.2. The maximum absolute atomic E-state index is 11.0. The lowest BCUT2D eigenvalue weighted by Crippen LogP contribution is -2.28. The fourth-order valence-electron chi connectivity index (χ4n) is 4.64. The van der Waals surface area contributed by atoms with Crippen LogP contribution in [0.3, 0.4) is 0 Å². The molecule has 0 aliphatic heterocycles. The minimum atomic E-state index is -1.02. The molecular weight excluding hydrogens is 432 g/mol. The van der Waals surface area contributed by atoms with Crippen LogP contribution < -0.4 is 10.5 Å². The number of nitrogen functional groups attached to an aromatic ring is 1. The molecule has 0 amide bonds. The Kier molecular flexibility index (Phi) is 5.04. The molecule has 10 heteroatoms. The highest BCUT2D eigenvalue weighted by Crippen LogP contribution is 2.45. The van der Waals surface area contributed by atoms with Crippen LogP contribution in [0.2, 0.25) is 5.28 Å². The SMILES string of the molecule is COc1cccc([C@H]2C[C@@H](n3cc(-c4ccn(C)n4)c4c(N)nc(Cl)nc43)[C@H](O)[C@@H]2O)c1. The Morgan fingerprint density at radius 3 is 2.72 bits per heavy atom. The van der Waals surface area contributed by atoms with Crippen molar-refractivity contribution < 1.29 is 14.9 Å². The normalized spacial score (nSPS) is 23.2. The van der Waals surface area contributed by atoms with Crippen molar-refractivity contribution in [2.75, 3.05) is 12.8 Å². The summed E-state index contributed by atoms with van der Waals surface area (Å²) in [5.74, 6) is 0.649. The number of anilines is 1. The van der Waals surface area contributed by atoms with E-state index in [0.717, 1.165) is 11.1 Å². The molecule has 32 heavy (non-hydrogen) atoms. The van der Waals surface area contributed by atoms with Crippen LogP contribution in [0, 0.1) is 0 Å². The van der Waals surface area contributed by atoms with E-state index in [2.05, 4.69) is 15.1 Å². The zero-order valence-corrected chi connectivity index (χ0v) is 18.3. The fourth-order valence-corrected chi connectivity index (χ4v) is 4.81. The predicted octanol–water partition coefficient (Wildman–Crippen LogP) is 2.53. The van der Waals surface area contributed by atoms with Gasteiger partial charge in [-0.25, -0.2) is 4.98 Å². The lowest BCUT2D eigenvalue weighted by Gasteiger charge is -2.19. The lowest BCUT2D eigenvalue weighted by molar-refractivity contribution is 0.0179. The second kappa shape index (κ2) is 7.77. The number of hydrogen-bond donors (Lipinski definition) is 3. The van der Waals surface area contributed by atoms with Crippen LogP contribution in [0.15, 0.2) is 42.7 Å². The Bertz CT molecular complexity index is 1300. The van der Waals surface area contributed by atoms with Crippen molar-refractivity contribution in [3.05, 3.63) is 53.6 Å². The molecular formula is C22H23ClN6O3. The van der Waals surface area contributed by atoms with Gasteiger partial charge in [-0.2, -0.15) is 10.1 Å². The minimum absolute atomic E-state index is 0.0132. The third-order valence-corrected chi connectivity index (χ3v) is 6.36.